The predicted molar refractivity (Wildman–Crippen MR) is 65.0 cm³/mol. The first kappa shape index (κ1) is 11.7. The maximum atomic E-state index is 11.8. The van der Waals surface area contributed by atoms with Crippen LogP contribution < -0.4 is 5.32 Å². The highest BCUT2D eigenvalue weighted by Crippen LogP contribution is 2.24. The number of hydrogen-bond donors (Lipinski definition) is 2. The Balaban J connectivity index is 2.29. The van der Waals surface area contributed by atoms with Crippen molar-refractivity contribution in [1.29, 1.82) is 0 Å². The van der Waals surface area contributed by atoms with E-state index in [1.165, 1.54) is 0 Å². The lowest BCUT2D eigenvalue weighted by Crippen LogP contribution is -2.30. The lowest BCUT2D eigenvalue weighted by atomic mass is 10.1. The molecule has 0 aliphatic carbocycles. The fourth-order valence-electron chi connectivity index (χ4n) is 1.71. The molecule has 0 aliphatic rings. The average molecular weight is 233 g/mol. The van der Waals surface area contributed by atoms with E-state index in [-0.39, 0.29) is 12.5 Å². The standard InChI is InChI=1S/C13H15NO3/c1-8(15)7-14-13(16)12-9(2)10-5-3-4-6-11(10)17-12/h3-6,8,15H,7H2,1-2H3,(H,14,16). The third-order valence-corrected chi connectivity index (χ3v) is 2.61. The minimum Gasteiger partial charge on any atom is -0.451 e. The summed E-state index contributed by atoms with van der Waals surface area (Å²) in [4.78, 5) is 11.8. The van der Waals surface area contributed by atoms with Crippen molar-refractivity contribution >= 4 is 16.9 Å². The Morgan fingerprint density at radius 1 is 1.47 bits per heavy atom. The molecule has 1 unspecified atom stereocenters. The van der Waals surface area contributed by atoms with E-state index >= 15 is 0 Å². The zero-order chi connectivity index (χ0) is 12.4. The number of para-hydroxylation sites is 1. The van der Waals surface area contributed by atoms with E-state index < -0.39 is 6.10 Å². The van der Waals surface area contributed by atoms with Crippen LogP contribution in [0.15, 0.2) is 28.7 Å². The number of rotatable bonds is 3. The van der Waals surface area contributed by atoms with Gasteiger partial charge in [0.2, 0.25) is 0 Å². The van der Waals surface area contributed by atoms with Crippen molar-refractivity contribution in [3.63, 3.8) is 0 Å². The molecule has 0 aliphatic heterocycles. The summed E-state index contributed by atoms with van der Waals surface area (Å²) in [5.41, 5.74) is 1.52. The van der Waals surface area contributed by atoms with Gasteiger partial charge in [-0.15, -0.1) is 0 Å². The molecule has 4 nitrogen and oxygen atoms in total. The molecule has 0 saturated carbocycles. The Bertz CT molecular complexity index is 543. The number of benzene rings is 1. The van der Waals surface area contributed by atoms with Crippen LogP contribution in [0.2, 0.25) is 0 Å². The van der Waals surface area contributed by atoms with Crippen LogP contribution in [0.3, 0.4) is 0 Å². The molecule has 1 atom stereocenters. The van der Waals surface area contributed by atoms with Gasteiger partial charge in [0, 0.05) is 17.5 Å². The van der Waals surface area contributed by atoms with Gasteiger partial charge < -0.3 is 14.8 Å². The highest BCUT2D eigenvalue weighted by molar-refractivity contribution is 5.98. The quantitative estimate of drug-likeness (QED) is 0.850. The Morgan fingerprint density at radius 3 is 2.82 bits per heavy atom. The third-order valence-electron chi connectivity index (χ3n) is 2.61. The normalized spacial score (nSPS) is 12.6. The fourth-order valence-corrected chi connectivity index (χ4v) is 1.71. The summed E-state index contributed by atoms with van der Waals surface area (Å²) in [5.74, 6) is 0.0199. The highest BCUT2D eigenvalue weighted by atomic mass is 16.3. The van der Waals surface area contributed by atoms with Crippen LogP contribution in [0.5, 0.6) is 0 Å². The molecular weight excluding hydrogens is 218 g/mol. The summed E-state index contributed by atoms with van der Waals surface area (Å²) in [7, 11) is 0. The smallest absolute Gasteiger partial charge is 0.287 e. The molecule has 1 heterocycles. The molecule has 1 aromatic carbocycles. The molecule has 4 heteroatoms. The summed E-state index contributed by atoms with van der Waals surface area (Å²) in [5, 5.41) is 12.7. The first-order valence-electron chi connectivity index (χ1n) is 5.54. The van der Waals surface area contributed by atoms with Gasteiger partial charge in [-0.05, 0) is 19.9 Å². The van der Waals surface area contributed by atoms with Crippen molar-refractivity contribution in [2.45, 2.75) is 20.0 Å². The maximum absolute atomic E-state index is 11.8. The molecule has 0 spiro atoms. The topological polar surface area (TPSA) is 62.5 Å². The number of furan rings is 1. The predicted octanol–water partition coefficient (Wildman–Crippen LogP) is 1.85. The molecule has 90 valence electrons. The number of aliphatic hydroxyl groups is 1. The molecule has 17 heavy (non-hydrogen) atoms. The molecule has 0 saturated heterocycles. The van der Waals surface area contributed by atoms with Crippen molar-refractivity contribution in [2.75, 3.05) is 6.54 Å². The van der Waals surface area contributed by atoms with E-state index in [0.717, 1.165) is 10.9 Å². The van der Waals surface area contributed by atoms with Gasteiger partial charge in [0.15, 0.2) is 5.76 Å². The summed E-state index contributed by atoms with van der Waals surface area (Å²) in [6, 6.07) is 7.51. The maximum Gasteiger partial charge on any atom is 0.287 e. The monoisotopic (exact) mass is 233 g/mol. The second-order valence-corrected chi connectivity index (χ2v) is 4.11. The number of fused-ring (bicyclic) bond motifs is 1. The SMILES string of the molecule is Cc1c(C(=O)NCC(C)O)oc2ccccc12. The molecule has 2 aromatic rings. The van der Waals surface area contributed by atoms with E-state index in [9.17, 15) is 4.79 Å². The Hall–Kier alpha value is -1.81. The molecule has 2 rings (SSSR count). The van der Waals surface area contributed by atoms with Gasteiger partial charge in [-0.25, -0.2) is 0 Å². The van der Waals surface area contributed by atoms with Crippen molar-refractivity contribution in [3.05, 3.63) is 35.6 Å². The fraction of sp³-hybridized carbons (Fsp3) is 0.308. The average Bonchev–Trinajstić information content (AvgIpc) is 2.64. The van der Waals surface area contributed by atoms with E-state index in [0.29, 0.717) is 11.3 Å². The highest BCUT2D eigenvalue weighted by Gasteiger charge is 2.17. The number of nitrogens with one attached hydrogen (secondary N) is 1. The van der Waals surface area contributed by atoms with Crippen molar-refractivity contribution in [2.24, 2.45) is 0 Å². The summed E-state index contributed by atoms with van der Waals surface area (Å²) < 4.78 is 5.50. The van der Waals surface area contributed by atoms with E-state index in [2.05, 4.69) is 5.32 Å². The van der Waals surface area contributed by atoms with Crippen LogP contribution in [0.25, 0.3) is 11.0 Å². The molecule has 1 amide bonds. The van der Waals surface area contributed by atoms with Crippen molar-refractivity contribution in [3.8, 4) is 0 Å². The first-order chi connectivity index (χ1) is 8.09. The minimum absolute atomic E-state index is 0.218. The number of amides is 1. The van der Waals surface area contributed by atoms with Gasteiger partial charge in [0.1, 0.15) is 5.58 Å². The molecule has 2 N–H and O–H groups in total. The van der Waals surface area contributed by atoms with Gasteiger partial charge in [-0.2, -0.15) is 0 Å². The zero-order valence-electron chi connectivity index (χ0n) is 9.86. The second kappa shape index (κ2) is 4.59. The summed E-state index contributed by atoms with van der Waals surface area (Å²) in [6.45, 7) is 3.68. The van der Waals surface area contributed by atoms with Crippen molar-refractivity contribution < 1.29 is 14.3 Å². The molecule has 0 bridgehead atoms. The number of carbonyl (C=O) groups is 1. The molecule has 1 aromatic heterocycles. The number of aryl methyl sites for hydroxylation is 1. The zero-order valence-corrected chi connectivity index (χ0v) is 9.86. The van der Waals surface area contributed by atoms with Crippen LogP contribution in [0, 0.1) is 6.92 Å². The van der Waals surface area contributed by atoms with Crippen molar-refractivity contribution in [1.82, 2.24) is 5.32 Å². The van der Waals surface area contributed by atoms with Crippen LogP contribution >= 0.6 is 0 Å². The summed E-state index contributed by atoms with van der Waals surface area (Å²) >= 11 is 0. The second-order valence-electron chi connectivity index (χ2n) is 4.11. The largest absolute Gasteiger partial charge is 0.451 e. The lowest BCUT2D eigenvalue weighted by molar-refractivity contribution is 0.0898. The number of aliphatic hydroxyl groups excluding tert-OH is 1. The van der Waals surface area contributed by atoms with E-state index in [1.54, 1.807) is 6.92 Å². The molecular formula is C13H15NO3. The van der Waals surface area contributed by atoms with E-state index in [4.69, 9.17) is 9.52 Å². The number of carbonyl (C=O) groups excluding carboxylic acids is 1. The summed E-state index contributed by atoms with van der Waals surface area (Å²) in [6.07, 6.45) is -0.566. The van der Waals surface area contributed by atoms with Crippen LogP contribution in [0.4, 0.5) is 0 Å². The Labute approximate surface area is 99.2 Å². The van der Waals surface area contributed by atoms with Crippen LogP contribution in [-0.2, 0) is 0 Å². The van der Waals surface area contributed by atoms with Gasteiger partial charge in [0.05, 0.1) is 6.10 Å². The van der Waals surface area contributed by atoms with Gasteiger partial charge in [-0.3, -0.25) is 4.79 Å². The van der Waals surface area contributed by atoms with Gasteiger partial charge in [-0.1, -0.05) is 18.2 Å². The third kappa shape index (κ3) is 2.31. The first-order valence-corrected chi connectivity index (χ1v) is 5.54. The van der Waals surface area contributed by atoms with Crippen LogP contribution in [0.1, 0.15) is 23.0 Å². The van der Waals surface area contributed by atoms with Gasteiger partial charge >= 0.3 is 0 Å². The Kier molecular flexibility index (Phi) is 3.15. The van der Waals surface area contributed by atoms with Crippen LogP contribution in [-0.4, -0.2) is 23.7 Å². The lowest BCUT2D eigenvalue weighted by Gasteiger charge is -2.05. The minimum atomic E-state index is -0.566. The Morgan fingerprint density at radius 2 is 2.18 bits per heavy atom. The molecule has 0 fully saturated rings. The van der Waals surface area contributed by atoms with E-state index in [1.807, 2.05) is 31.2 Å². The molecule has 0 radical (unpaired) electrons. The number of hydrogen-bond acceptors (Lipinski definition) is 3. The van der Waals surface area contributed by atoms with Gasteiger partial charge in [0.25, 0.3) is 5.91 Å².